The molecular weight excluding hydrogens is 458 g/mol. The summed E-state index contributed by atoms with van der Waals surface area (Å²) in [6.07, 6.45) is 0. The molecule has 1 fully saturated rings. The number of aromatic amines is 1. The van der Waals surface area contributed by atoms with Crippen LogP contribution in [0.25, 0.3) is 10.9 Å². The first kappa shape index (κ1) is 21.9. The standard InChI is InChI=1S/C29H26ClN3O2/c1-18-7-9-19(10-8-18)15-32-17-25(34)33-16-23(20-11-13-21(30)14-12-20)26-22-5-3-4-6-24(22)31-27(26)29(33,2)28(32)35/h3-14,23,31H,15-17H2,1-2H3/t23?,29-/m0/s1. The molecule has 176 valence electrons. The monoisotopic (exact) mass is 483 g/mol. The molecule has 3 heterocycles. The number of piperazine rings is 1. The molecule has 35 heavy (non-hydrogen) atoms. The third-order valence-electron chi connectivity index (χ3n) is 7.58. The highest BCUT2D eigenvalue weighted by molar-refractivity contribution is 6.30. The number of amides is 2. The molecule has 1 unspecified atom stereocenters. The molecule has 0 spiro atoms. The van der Waals surface area contributed by atoms with Gasteiger partial charge >= 0.3 is 0 Å². The second-order valence-electron chi connectivity index (χ2n) is 9.79. The first-order chi connectivity index (χ1) is 16.9. The smallest absolute Gasteiger partial charge is 0.255 e. The Labute approximate surface area is 209 Å². The van der Waals surface area contributed by atoms with E-state index in [2.05, 4.69) is 11.1 Å². The van der Waals surface area contributed by atoms with E-state index in [4.69, 9.17) is 11.6 Å². The van der Waals surface area contributed by atoms with Gasteiger partial charge in [0.2, 0.25) is 5.91 Å². The molecule has 3 aromatic carbocycles. The number of para-hydroxylation sites is 1. The van der Waals surface area contributed by atoms with Crippen LogP contribution in [0.1, 0.15) is 40.8 Å². The second-order valence-corrected chi connectivity index (χ2v) is 10.2. The molecule has 2 amide bonds. The van der Waals surface area contributed by atoms with Crippen molar-refractivity contribution in [3.05, 3.63) is 106 Å². The summed E-state index contributed by atoms with van der Waals surface area (Å²) in [6, 6.07) is 24.0. The number of hydrogen-bond acceptors (Lipinski definition) is 2. The van der Waals surface area contributed by atoms with E-state index in [-0.39, 0.29) is 24.3 Å². The zero-order valence-corrected chi connectivity index (χ0v) is 20.5. The van der Waals surface area contributed by atoms with Crippen LogP contribution < -0.4 is 0 Å². The van der Waals surface area contributed by atoms with E-state index >= 15 is 0 Å². The van der Waals surface area contributed by atoms with Gasteiger partial charge in [0.05, 0.1) is 5.69 Å². The van der Waals surface area contributed by atoms with Crippen molar-refractivity contribution >= 4 is 34.3 Å². The van der Waals surface area contributed by atoms with E-state index in [0.717, 1.165) is 38.9 Å². The van der Waals surface area contributed by atoms with Crippen molar-refractivity contribution in [1.82, 2.24) is 14.8 Å². The summed E-state index contributed by atoms with van der Waals surface area (Å²) in [5, 5.41) is 1.75. The largest absolute Gasteiger partial charge is 0.356 e. The molecule has 0 aliphatic carbocycles. The molecule has 0 saturated carbocycles. The number of carbonyl (C=O) groups excluding carboxylic acids is 2. The molecule has 6 heteroatoms. The van der Waals surface area contributed by atoms with Gasteiger partial charge in [-0.1, -0.05) is 71.8 Å². The molecule has 0 radical (unpaired) electrons. The number of benzene rings is 3. The number of rotatable bonds is 3. The van der Waals surface area contributed by atoms with E-state index in [1.807, 2.05) is 80.6 Å². The van der Waals surface area contributed by atoms with Crippen molar-refractivity contribution in [2.45, 2.75) is 31.8 Å². The third-order valence-corrected chi connectivity index (χ3v) is 7.84. The van der Waals surface area contributed by atoms with Crippen molar-refractivity contribution in [2.24, 2.45) is 0 Å². The lowest BCUT2D eigenvalue weighted by molar-refractivity contribution is -0.166. The summed E-state index contributed by atoms with van der Waals surface area (Å²) in [5.41, 5.74) is 5.01. The van der Waals surface area contributed by atoms with Crippen molar-refractivity contribution in [3.8, 4) is 0 Å². The zero-order chi connectivity index (χ0) is 24.3. The first-order valence-corrected chi connectivity index (χ1v) is 12.3. The number of halogens is 1. The normalized spacial score (nSPS) is 21.9. The summed E-state index contributed by atoms with van der Waals surface area (Å²) in [6.45, 7) is 4.85. The maximum absolute atomic E-state index is 14.1. The van der Waals surface area contributed by atoms with Gasteiger partial charge in [-0.05, 0) is 48.7 Å². The number of H-pyrrole nitrogens is 1. The Kier molecular flexibility index (Phi) is 5.01. The average molecular weight is 484 g/mol. The maximum Gasteiger partial charge on any atom is 0.255 e. The van der Waals surface area contributed by atoms with Crippen LogP contribution in [0, 0.1) is 6.92 Å². The highest BCUT2D eigenvalue weighted by Gasteiger charge is 2.56. The number of aryl methyl sites for hydroxylation is 1. The van der Waals surface area contributed by atoms with Gasteiger partial charge in [-0.3, -0.25) is 9.59 Å². The predicted octanol–water partition coefficient (Wildman–Crippen LogP) is 5.36. The van der Waals surface area contributed by atoms with Crippen molar-refractivity contribution in [3.63, 3.8) is 0 Å². The minimum atomic E-state index is -1.10. The van der Waals surface area contributed by atoms with Crippen LogP contribution in [0.4, 0.5) is 0 Å². The lowest BCUT2D eigenvalue weighted by atomic mass is 9.76. The summed E-state index contributed by atoms with van der Waals surface area (Å²) in [4.78, 5) is 34.7. The predicted molar refractivity (Wildman–Crippen MR) is 137 cm³/mol. The van der Waals surface area contributed by atoms with Crippen molar-refractivity contribution in [2.75, 3.05) is 13.1 Å². The number of aromatic nitrogens is 1. The maximum atomic E-state index is 14.1. The number of fused-ring (bicyclic) bond motifs is 5. The summed E-state index contributed by atoms with van der Waals surface area (Å²) < 4.78 is 0. The summed E-state index contributed by atoms with van der Waals surface area (Å²) in [5.74, 6) is -0.158. The Morgan fingerprint density at radius 2 is 1.71 bits per heavy atom. The number of carbonyl (C=O) groups is 2. The Hall–Kier alpha value is -3.57. The van der Waals surface area contributed by atoms with E-state index < -0.39 is 5.54 Å². The van der Waals surface area contributed by atoms with Gasteiger partial charge in [0.15, 0.2) is 5.54 Å². The Bertz CT molecular complexity index is 1460. The van der Waals surface area contributed by atoms with Crippen molar-refractivity contribution in [1.29, 1.82) is 0 Å². The fourth-order valence-corrected chi connectivity index (χ4v) is 5.84. The summed E-state index contributed by atoms with van der Waals surface area (Å²) in [7, 11) is 0. The number of hydrogen-bond donors (Lipinski definition) is 1. The van der Waals surface area contributed by atoms with Gasteiger partial charge in [0.1, 0.15) is 6.54 Å². The molecule has 2 aliphatic rings. The molecule has 2 atom stereocenters. The van der Waals surface area contributed by atoms with Crippen LogP contribution in [0.15, 0.2) is 72.8 Å². The molecule has 1 aromatic heterocycles. The van der Waals surface area contributed by atoms with Gasteiger partial charge in [0.25, 0.3) is 5.91 Å². The Morgan fingerprint density at radius 3 is 2.46 bits per heavy atom. The Morgan fingerprint density at radius 1 is 1.00 bits per heavy atom. The topological polar surface area (TPSA) is 56.4 Å². The SMILES string of the molecule is Cc1ccc(CN2CC(=O)N3CC(c4ccc(Cl)cc4)c4c([nH]c5ccccc45)[C@@]3(C)C2=O)cc1. The molecule has 1 saturated heterocycles. The number of nitrogens with one attached hydrogen (secondary N) is 1. The van der Waals surface area contributed by atoms with Gasteiger partial charge in [0, 0.05) is 34.9 Å². The molecule has 6 rings (SSSR count). The van der Waals surface area contributed by atoms with Gasteiger partial charge in [-0.15, -0.1) is 0 Å². The van der Waals surface area contributed by atoms with Crippen molar-refractivity contribution < 1.29 is 9.59 Å². The van der Waals surface area contributed by atoms with Gasteiger partial charge in [-0.25, -0.2) is 0 Å². The second kappa shape index (κ2) is 7.99. The minimum Gasteiger partial charge on any atom is -0.356 e. The van der Waals surface area contributed by atoms with Crippen LogP contribution >= 0.6 is 11.6 Å². The van der Waals surface area contributed by atoms with Gasteiger partial charge in [-0.2, -0.15) is 0 Å². The lowest BCUT2D eigenvalue weighted by Crippen LogP contribution is -2.67. The van der Waals surface area contributed by atoms with Crippen LogP contribution in [-0.4, -0.2) is 39.7 Å². The highest BCUT2D eigenvalue weighted by Crippen LogP contribution is 2.48. The molecule has 4 aromatic rings. The molecule has 5 nitrogen and oxygen atoms in total. The number of nitrogens with zero attached hydrogens (tertiary/aromatic N) is 2. The molecular formula is C29H26ClN3O2. The fraction of sp³-hybridized carbons (Fsp3) is 0.241. The molecule has 1 N–H and O–H groups in total. The first-order valence-electron chi connectivity index (χ1n) is 11.9. The van der Waals surface area contributed by atoms with Crippen LogP contribution in [0.5, 0.6) is 0 Å². The van der Waals surface area contributed by atoms with Gasteiger partial charge < -0.3 is 14.8 Å². The van der Waals surface area contributed by atoms with E-state index in [0.29, 0.717) is 18.1 Å². The molecule has 2 aliphatic heterocycles. The lowest BCUT2D eigenvalue weighted by Gasteiger charge is -2.51. The summed E-state index contributed by atoms with van der Waals surface area (Å²) >= 11 is 6.17. The zero-order valence-electron chi connectivity index (χ0n) is 19.7. The fourth-order valence-electron chi connectivity index (χ4n) is 5.71. The van der Waals surface area contributed by atoms with Crippen LogP contribution in [0.3, 0.4) is 0 Å². The van der Waals surface area contributed by atoms with Crippen LogP contribution in [0.2, 0.25) is 5.02 Å². The van der Waals surface area contributed by atoms with E-state index in [1.54, 1.807) is 9.80 Å². The van der Waals surface area contributed by atoms with E-state index in [1.165, 1.54) is 0 Å². The average Bonchev–Trinajstić information content (AvgIpc) is 3.25. The van der Waals surface area contributed by atoms with E-state index in [9.17, 15) is 9.59 Å². The molecule has 0 bridgehead atoms. The third kappa shape index (κ3) is 3.37. The Balaban J connectivity index is 1.49. The quantitative estimate of drug-likeness (QED) is 0.426. The minimum absolute atomic E-state index is 0.0394. The highest BCUT2D eigenvalue weighted by atomic mass is 35.5. The van der Waals surface area contributed by atoms with Crippen LogP contribution in [-0.2, 0) is 21.7 Å².